The first-order valence-corrected chi connectivity index (χ1v) is 9.25. The van der Waals surface area contributed by atoms with Crippen LogP contribution in [0.25, 0.3) is 6.08 Å². The Kier molecular flexibility index (Phi) is 6.59. The average molecular weight is 356 g/mol. The predicted molar refractivity (Wildman–Crippen MR) is 111 cm³/mol. The van der Waals surface area contributed by atoms with Crippen molar-refractivity contribution in [1.29, 1.82) is 0 Å². The van der Waals surface area contributed by atoms with Crippen LogP contribution < -0.4 is 0 Å². The highest BCUT2D eigenvalue weighted by atomic mass is 16.5. The van der Waals surface area contributed by atoms with Crippen molar-refractivity contribution in [2.24, 2.45) is 0 Å². The molecule has 0 N–H and O–H groups in total. The van der Waals surface area contributed by atoms with Gasteiger partial charge in [0.25, 0.3) is 0 Å². The molecule has 136 valence electrons. The summed E-state index contributed by atoms with van der Waals surface area (Å²) < 4.78 is 5.78. The molecule has 0 radical (unpaired) electrons. The maximum Gasteiger partial charge on any atom is 0.338 e. The second-order valence-corrected chi connectivity index (χ2v) is 6.60. The molecule has 0 aliphatic carbocycles. The molecule has 0 amide bonds. The van der Waals surface area contributed by atoms with E-state index in [1.54, 1.807) is 12.1 Å². The van der Waals surface area contributed by atoms with Crippen molar-refractivity contribution in [2.45, 2.75) is 25.9 Å². The molecule has 3 aromatic carbocycles. The number of rotatable bonds is 7. The summed E-state index contributed by atoms with van der Waals surface area (Å²) >= 11 is 0. The number of carbonyl (C=O) groups excluding carboxylic acids is 1. The normalized spacial score (nSPS) is 12.0. The monoisotopic (exact) mass is 356 g/mol. The van der Waals surface area contributed by atoms with E-state index in [1.165, 1.54) is 11.1 Å². The minimum Gasteiger partial charge on any atom is -0.455 e. The van der Waals surface area contributed by atoms with Gasteiger partial charge in [0.15, 0.2) is 0 Å². The summed E-state index contributed by atoms with van der Waals surface area (Å²) in [5.74, 6) is -0.290. The first-order chi connectivity index (χ1) is 13.2. The molecule has 0 heterocycles. The highest BCUT2D eigenvalue weighted by Crippen LogP contribution is 2.14. The molecule has 0 aromatic heterocycles. The SMILES string of the molecule is Cc1ccc(CC[C@H](/C=C/c2ccccc2)OC(=O)c2ccccc2)cc1. The fourth-order valence-corrected chi connectivity index (χ4v) is 2.82. The van der Waals surface area contributed by atoms with Gasteiger partial charge in [0.05, 0.1) is 5.56 Å². The van der Waals surface area contributed by atoms with Crippen LogP contribution in [0.1, 0.15) is 33.5 Å². The average Bonchev–Trinajstić information content (AvgIpc) is 2.72. The van der Waals surface area contributed by atoms with Gasteiger partial charge in [-0.15, -0.1) is 0 Å². The molecule has 0 fully saturated rings. The molecule has 3 aromatic rings. The van der Waals surface area contributed by atoms with Crippen molar-refractivity contribution in [3.63, 3.8) is 0 Å². The molecule has 0 bridgehead atoms. The van der Waals surface area contributed by atoms with Gasteiger partial charge in [-0.3, -0.25) is 0 Å². The number of esters is 1. The number of ether oxygens (including phenoxy) is 1. The van der Waals surface area contributed by atoms with E-state index in [2.05, 4.69) is 31.2 Å². The van der Waals surface area contributed by atoms with Crippen molar-refractivity contribution < 1.29 is 9.53 Å². The van der Waals surface area contributed by atoms with E-state index in [1.807, 2.05) is 60.7 Å². The molecule has 0 aliphatic heterocycles. The smallest absolute Gasteiger partial charge is 0.338 e. The van der Waals surface area contributed by atoms with E-state index < -0.39 is 0 Å². The van der Waals surface area contributed by atoms with Crippen molar-refractivity contribution in [2.75, 3.05) is 0 Å². The van der Waals surface area contributed by atoms with Gasteiger partial charge in [-0.1, -0.05) is 84.4 Å². The zero-order valence-electron chi connectivity index (χ0n) is 15.5. The van der Waals surface area contributed by atoms with Gasteiger partial charge in [-0.25, -0.2) is 4.79 Å². The van der Waals surface area contributed by atoms with Crippen LogP contribution in [0.2, 0.25) is 0 Å². The van der Waals surface area contributed by atoms with E-state index in [-0.39, 0.29) is 12.1 Å². The summed E-state index contributed by atoms with van der Waals surface area (Å²) in [4.78, 5) is 12.5. The molecule has 0 aliphatic rings. The van der Waals surface area contributed by atoms with Gasteiger partial charge in [-0.05, 0) is 49.1 Å². The number of aryl methyl sites for hydroxylation is 2. The van der Waals surface area contributed by atoms with Gasteiger partial charge in [-0.2, -0.15) is 0 Å². The molecule has 0 unspecified atom stereocenters. The van der Waals surface area contributed by atoms with Crippen molar-refractivity contribution in [1.82, 2.24) is 0 Å². The van der Waals surface area contributed by atoms with E-state index >= 15 is 0 Å². The fraction of sp³-hybridized carbons (Fsp3) is 0.160. The van der Waals surface area contributed by atoms with Gasteiger partial charge >= 0.3 is 5.97 Å². The zero-order chi connectivity index (χ0) is 18.9. The molecule has 2 nitrogen and oxygen atoms in total. The largest absolute Gasteiger partial charge is 0.455 e. The topological polar surface area (TPSA) is 26.3 Å². The maximum atomic E-state index is 12.5. The second kappa shape index (κ2) is 9.54. The third-order valence-corrected chi connectivity index (χ3v) is 4.41. The fourth-order valence-electron chi connectivity index (χ4n) is 2.82. The Bertz CT molecular complexity index is 865. The van der Waals surface area contributed by atoms with E-state index in [0.717, 1.165) is 18.4 Å². The number of hydrogen-bond donors (Lipinski definition) is 0. The standard InChI is InChI=1S/C25H24O2/c1-20-12-14-22(15-13-20)17-19-24(18-16-21-8-4-2-5-9-21)27-25(26)23-10-6-3-7-11-23/h2-16,18,24H,17,19H2,1H3/b18-16+/t24-/m0/s1. The van der Waals surface area contributed by atoms with Crippen LogP contribution in [-0.4, -0.2) is 12.1 Å². The molecule has 3 rings (SSSR count). The highest BCUT2D eigenvalue weighted by Gasteiger charge is 2.13. The minimum absolute atomic E-state index is 0.279. The van der Waals surface area contributed by atoms with Crippen LogP contribution in [0.15, 0.2) is 91.0 Å². The Morgan fingerprint density at radius 3 is 2.19 bits per heavy atom. The Morgan fingerprint density at radius 1 is 0.889 bits per heavy atom. The van der Waals surface area contributed by atoms with Gasteiger partial charge < -0.3 is 4.74 Å². The van der Waals surface area contributed by atoms with E-state index in [9.17, 15) is 4.79 Å². The number of carbonyl (C=O) groups is 1. The lowest BCUT2D eigenvalue weighted by Crippen LogP contribution is -2.17. The molecular formula is C25H24O2. The minimum atomic E-state index is -0.290. The van der Waals surface area contributed by atoms with Crippen LogP contribution in [0, 0.1) is 6.92 Å². The molecular weight excluding hydrogens is 332 g/mol. The molecule has 1 atom stereocenters. The van der Waals surface area contributed by atoms with Gasteiger partial charge in [0.2, 0.25) is 0 Å². The summed E-state index contributed by atoms with van der Waals surface area (Å²) in [5.41, 5.74) is 4.16. The summed E-state index contributed by atoms with van der Waals surface area (Å²) in [7, 11) is 0. The Balaban J connectivity index is 1.70. The third kappa shape index (κ3) is 5.96. The molecule has 0 spiro atoms. The summed E-state index contributed by atoms with van der Waals surface area (Å²) in [6.07, 6.45) is 5.30. The van der Waals surface area contributed by atoms with Crippen molar-refractivity contribution in [3.05, 3.63) is 113 Å². The highest BCUT2D eigenvalue weighted by molar-refractivity contribution is 5.89. The Labute approximate surface area is 161 Å². The number of benzene rings is 3. The Morgan fingerprint density at radius 2 is 1.52 bits per heavy atom. The van der Waals surface area contributed by atoms with Crippen LogP contribution in [-0.2, 0) is 11.2 Å². The predicted octanol–water partition coefficient (Wildman–Crippen LogP) is 5.87. The first kappa shape index (κ1) is 18.7. The van der Waals surface area contributed by atoms with E-state index in [0.29, 0.717) is 5.56 Å². The quantitative estimate of drug-likeness (QED) is 0.495. The van der Waals surface area contributed by atoms with Crippen molar-refractivity contribution in [3.8, 4) is 0 Å². The van der Waals surface area contributed by atoms with Crippen molar-refractivity contribution >= 4 is 12.0 Å². The Hall–Kier alpha value is -3.13. The molecule has 0 saturated carbocycles. The zero-order valence-corrected chi connectivity index (χ0v) is 15.5. The molecule has 27 heavy (non-hydrogen) atoms. The van der Waals surface area contributed by atoms with Crippen LogP contribution >= 0.6 is 0 Å². The lowest BCUT2D eigenvalue weighted by Gasteiger charge is -2.15. The lowest BCUT2D eigenvalue weighted by atomic mass is 10.0. The van der Waals surface area contributed by atoms with Crippen LogP contribution in [0.4, 0.5) is 0 Å². The first-order valence-electron chi connectivity index (χ1n) is 9.25. The van der Waals surface area contributed by atoms with Crippen LogP contribution in [0.3, 0.4) is 0 Å². The van der Waals surface area contributed by atoms with E-state index in [4.69, 9.17) is 4.74 Å². The summed E-state index contributed by atoms with van der Waals surface area (Å²) in [5, 5.41) is 0. The van der Waals surface area contributed by atoms with Crippen LogP contribution in [0.5, 0.6) is 0 Å². The summed E-state index contributed by atoms with van der Waals surface area (Å²) in [6, 6.07) is 27.7. The lowest BCUT2D eigenvalue weighted by molar-refractivity contribution is 0.0382. The maximum absolute atomic E-state index is 12.5. The third-order valence-electron chi connectivity index (χ3n) is 4.41. The summed E-state index contributed by atoms with van der Waals surface area (Å²) in [6.45, 7) is 2.08. The number of hydrogen-bond acceptors (Lipinski definition) is 2. The van der Waals surface area contributed by atoms with Gasteiger partial charge in [0, 0.05) is 0 Å². The molecule has 2 heteroatoms. The molecule has 0 saturated heterocycles. The second-order valence-electron chi connectivity index (χ2n) is 6.60. The van der Waals surface area contributed by atoms with Gasteiger partial charge in [0.1, 0.15) is 6.10 Å².